The van der Waals surface area contributed by atoms with Gasteiger partial charge in [0.2, 0.25) is 0 Å². The van der Waals surface area contributed by atoms with Crippen LogP contribution in [0.5, 0.6) is 0 Å². The summed E-state index contributed by atoms with van der Waals surface area (Å²) in [7, 11) is 0. The monoisotopic (exact) mass is 129 g/mol. The first-order valence-electron chi connectivity index (χ1n) is 0.612. The van der Waals surface area contributed by atoms with Crippen molar-refractivity contribution in [3.63, 3.8) is 0 Å². The molecule has 7 heavy (non-hydrogen) atoms. The minimum atomic E-state index is -2.33. The predicted octanol–water partition coefficient (Wildman–Crippen LogP) is -8.82. The molecule has 0 spiro atoms. The molecule has 3 nitrogen and oxygen atoms in total. The van der Waals surface area contributed by atoms with Crippen molar-refractivity contribution in [1.29, 1.82) is 0 Å². The van der Waals surface area contributed by atoms with Gasteiger partial charge in [0.1, 0.15) is 0 Å². The van der Waals surface area contributed by atoms with Crippen LogP contribution in [0, 0.1) is 0 Å². The molecular formula is CAlClLiO3+. The molecule has 0 aliphatic rings. The smallest absolute Gasteiger partial charge is 1.00 e. The van der Waals surface area contributed by atoms with Crippen molar-refractivity contribution in [2.45, 2.75) is 0 Å². The SMILES string of the molecule is O=C([O-])[O-].[Al+3].[Cl-].[Li+]. The summed E-state index contributed by atoms with van der Waals surface area (Å²) in [5.41, 5.74) is 0. The summed E-state index contributed by atoms with van der Waals surface area (Å²) in [6.45, 7) is 0. The van der Waals surface area contributed by atoms with E-state index in [1.54, 1.807) is 0 Å². The van der Waals surface area contributed by atoms with E-state index >= 15 is 0 Å². The van der Waals surface area contributed by atoms with E-state index in [0.717, 1.165) is 0 Å². The maximum atomic E-state index is 8.33. The van der Waals surface area contributed by atoms with Crippen LogP contribution >= 0.6 is 0 Å². The first kappa shape index (κ1) is 25.3. The molecule has 0 saturated heterocycles. The molecule has 0 saturated carbocycles. The molecule has 0 aliphatic carbocycles. The summed E-state index contributed by atoms with van der Waals surface area (Å²) in [5.74, 6) is 0. The van der Waals surface area contributed by atoms with Crippen LogP contribution in [0.2, 0.25) is 0 Å². The topological polar surface area (TPSA) is 63.2 Å². The molecule has 0 aromatic rings. The summed E-state index contributed by atoms with van der Waals surface area (Å²) >= 11 is 0. The van der Waals surface area contributed by atoms with E-state index in [4.69, 9.17) is 15.0 Å². The Balaban J connectivity index is -0.0000000150. The van der Waals surface area contributed by atoms with Gasteiger partial charge in [0.25, 0.3) is 0 Å². The summed E-state index contributed by atoms with van der Waals surface area (Å²) in [6.07, 6.45) is -2.33. The Morgan fingerprint density at radius 2 is 1.29 bits per heavy atom. The minimum Gasteiger partial charge on any atom is -1.00 e. The zero-order valence-electron chi connectivity index (χ0n) is 3.68. The second kappa shape index (κ2) is 15.9. The zero-order chi connectivity index (χ0) is 3.58. The third kappa shape index (κ3) is 309. The van der Waals surface area contributed by atoms with Gasteiger partial charge in [-0.1, -0.05) is 0 Å². The van der Waals surface area contributed by atoms with Gasteiger partial charge in [-0.3, -0.25) is 0 Å². The quantitative estimate of drug-likeness (QED) is 0.305. The summed E-state index contributed by atoms with van der Waals surface area (Å²) in [5, 5.41) is 16.7. The van der Waals surface area contributed by atoms with E-state index in [2.05, 4.69) is 0 Å². The molecular weight excluding hydrogens is 129 g/mol. The Labute approximate surface area is 69.8 Å². The molecule has 0 aromatic carbocycles. The van der Waals surface area contributed by atoms with Crippen molar-refractivity contribution in [3.05, 3.63) is 0 Å². The Bertz CT molecular complexity index is 37.9. The molecule has 0 aliphatic heterocycles. The van der Waals surface area contributed by atoms with Crippen LogP contribution in [0.15, 0.2) is 0 Å². The van der Waals surface area contributed by atoms with Crippen molar-refractivity contribution < 1.29 is 46.3 Å². The second-order valence-corrected chi connectivity index (χ2v) is 0.250. The molecule has 0 heterocycles. The van der Waals surface area contributed by atoms with E-state index in [1.165, 1.54) is 0 Å². The summed E-state index contributed by atoms with van der Waals surface area (Å²) in [6, 6.07) is 0. The van der Waals surface area contributed by atoms with Gasteiger partial charge in [0.05, 0.1) is 0 Å². The zero-order valence-corrected chi connectivity index (χ0v) is 5.59. The number of hydrogen-bond donors (Lipinski definition) is 0. The number of carbonyl (C=O) groups excluding carboxylic acids is 1. The number of hydrogen-bond acceptors (Lipinski definition) is 3. The van der Waals surface area contributed by atoms with Crippen LogP contribution in [-0.4, -0.2) is 23.5 Å². The van der Waals surface area contributed by atoms with Crippen molar-refractivity contribution >= 4 is 23.5 Å². The normalized spacial score (nSPS) is 3.43. The predicted molar refractivity (Wildman–Crippen MR) is 11.1 cm³/mol. The molecule has 0 bridgehead atoms. The fraction of sp³-hybridized carbons (Fsp3) is 0. The average molecular weight is 129 g/mol. The Kier molecular flexibility index (Phi) is 57.4. The number of rotatable bonds is 0. The molecule has 0 N–H and O–H groups in total. The van der Waals surface area contributed by atoms with Crippen LogP contribution in [0.4, 0.5) is 4.79 Å². The molecule has 0 radical (unpaired) electrons. The molecule has 0 unspecified atom stereocenters. The third-order valence-corrected chi connectivity index (χ3v) is 0. The second-order valence-electron chi connectivity index (χ2n) is 0.250. The Morgan fingerprint density at radius 1 is 1.29 bits per heavy atom. The standard InChI is InChI=1S/CH2O3.Al.ClH.Li/c2-1(3)4;;;/h(H2,2,3,4);;1H;/q;+3;;+1/p-3. The molecule has 0 atom stereocenters. The summed E-state index contributed by atoms with van der Waals surface area (Å²) in [4.78, 5) is 8.33. The van der Waals surface area contributed by atoms with Gasteiger partial charge >= 0.3 is 36.2 Å². The van der Waals surface area contributed by atoms with Crippen LogP contribution < -0.4 is 41.5 Å². The average Bonchev–Trinajstić information content (AvgIpc) is 0.811. The van der Waals surface area contributed by atoms with Crippen LogP contribution in [-0.2, 0) is 0 Å². The van der Waals surface area contributed by atoms with Crippen molar-refractivity contribution in [3.8, 4) is 0 Å². The van der Waals surface area contributed by atoms with E-state index in [1.807, 2.05) is 0 Å². The van der Waals surface area contributed by atoms with Gasteiger partial charge in [0, 0.05) is 0 Å². The van der Waals surface area contributed by atoms with Gasteiger partial charge < -0.3 is 27.4 Å². The minimum absolute atomic E-state index is 0. The Morgan fingerprint density at radius 3 is 1.29 bits per heavy atom. The van der Waals surface area contributed by atoms with Crippen molar-refractivity contribution in [1.82, 2.24) is 0 Å². The van der Waals surface area contributed by atoms with E-state index in [0.29, 0.717) is 0 Å². The fourth-order valence-electron chi connectivity index (χ4n) is 0. The maximum absolute atomic E-state index is 8.33. The molecule has 6 heteroatoms. The van der Waals surface area contributed by atoms with Gasteiger partial charge in [-0.05, 0) is 6.16 Å². The van der Waals surface area contributed by atoms with E-state index < -0.39 is 6.16 Å². The number of halogens is 1. The van der Waals surface area contributed by atoms with Crippen LogP contribution in [0.25, 0.3) is 0 Å². The van der Waals surface area contributed by atoms with Gasteiger partial charge in [0.15, 0.2) is 0 Å². The number of carbonyl (C=O) groups is 1. The molecule has 0 fully saturated rings. The molecule has 32 valence electrons. The van der Waals surface area contributed by atoms with E-state index in [9.17, 15) is 0 Å². The van der Waals surface area contributed by atoms with Crippen molar-refractivity contribution in [2.24, 2.45) is 0 Å². The van der Waals surface area contributed by atoms with E-state index in [-0.39, 0.29) is 48.6 Å². The molecule has 0 amide bonds. The van der Waals surface area contributed by atoms with Gasteiger partial charge in [-0.2, -0.15) is 0 Å². The fourth-order valence-corrected chi connectivity index (χ4v) is 0. The Hall–Kier alpha value is 0.690. The van der Waals surface area contributed by atoms with Crippen LogP contribution in [0.3, 0.4) is 0 Å². The largest absolute Gasteiger partial charge is 3.00 e. The van der Waals surface area contributed by atoms with Gasteiger partial charge in [-0.15, -0.1) is 0 Å². The third-order valence-electron chi connectivity index (χ3n) is 0. The molecule has 0 aromatic heterocycles. The first-order valence-corrected chi connectivity index (χ1v) is 0.612. The summed E-state index contributed by atoms with van der Waals surface area (Å²) < 4.78 is 0. The van der Waals surface area contributed by atoms with Crippen molar-refractivity contribution in [2.75, 3.05) is 0 Å². The van der Waals surface area contributed by atoms with Gasteiger partial charge in [-0.25, -0.2) is 0 Å². The number of carboxylic acid groups (broad SMARTS) is 2. The maximum Gasteiger partial charge on any atom is 3.00 e. The molecule has 0 rings (SSSR count). The van der Waals surface area contributed by atoms with Crippen LogP contribution in [0.1, 0.15) is 0 Å². The first-order chi connectivity index (χ1) is 1.73.